The molecule has 4 rings (SSSR count). The molecule has 3 nitrogen and oxygen atoms in total. The maximum absolute atomic E-state index is 13.0. The van der Waals surface area contributed by atoms with Crippen molar-refractivity contribution in [2.24, 2.45) is 11.8 Å². The van der Waals surface area contributed by atoms with Gasteiger partial charge >= 0.3 is 5.97 Å². The van der Waals surface area contributed by atoms with Crippen LogP contribution in [-0.4, -0.2) is 31.0 Å². The Bertz CT molecular complexity index is 1000. The Kier molecular flexibility index (Phi) is 7.61. The lowest BCUT2D eigenvalue weighted by molar-refractivity contribution is -0.170. The fourth-order valence-corrected chi connectivity index (χ4v) is 4.63. The summed E-state index contributed by atoms with van der Waals surface area (Å²) in [6, 6.07) is 31.4. The first kappa shape index (κ1) is 23.3. The molecular formula is C30H35NO2. The molecule has 1 saturated carbocycles. The van der Waals surface area contributed by atoms with E-state index in [2.05, 4.69) is 85.6 Å². The lowest BCUT2D eigenvalue weighted by Crippen LogP contribution is -2.46. The van der Waals surface area contributed by atoms with Gasteiger partial charge in [0.15, 0.2) is 0 Å². The van der Waals surface area contributed by atoms with E-state index in [-0.39, 0.29) is 17.8 Å². The van der Waals surface area contributed by atoms with Crippen LogP contribution in [0.2, 0.25) is 0 Å². The quantitative estimate of drug-likeness (QED) is 0.348. The molecule has 0 heterocycles. The van der Waals surface area contributed by atoms with Crippen LogP contribution in [0.3, 0.4) is 0 Å². The SMILES string of the molecule is C[C@H](CN(C)CCc1ccccc1)[C@](Cc1ccccc1)(OC(=O)C1CC1)c1ccccc1. The molecule has 0 spiro atoms. The smallest absolute Gasteiger partial charge is 0.309 e. The lowest BCUT2D eigenvalue weighted by Gasteiger charge is -2.41. The van der Waals surface area contributed by atoms with Gasteiger partial charge in [-0.05, 0) is 43.0 Å². The van der Waals surface area contributed by atoms with Gasteiger partial charge in [-0.25, -0.2) is 0 Å². The van der Waals surface area contributed by atoms with Crippen LogP contribution in [0.5, 0.6) is 0 Å². The van der Waals surface area contributed by atoms with E-state index in [0.29, 0.717) is 6.42 Å². The van der Waals surface area contributed by atoms with Crippen molar-refractivity contribution in [3.8, 4) is 0 Å². The molecule has 2 atom stereocenters. The maximum Gasteiger partial charge on any atom is 0.309 e. The number of ether oxygens (including phenoxy) is 1. The first-order valence-corrected chi connectivity index (χ1v) is 12.1. The van der Waals surface area contributed by atoms with Gasteiger partial charge in [-0.1, -0.05) is 97.9 Å². The number of likely N-dealkylation sites (N-methyl/N-ethyl adjacent to an activating group) is 1. The van der Waals surface area contributed by atoms with Gasteiger partial charge in [-0.15, -0.1) is 0 Å². The Morgan fingerprint density at radius 2 is 1.45 bits per heavy atom. The third-order valence-corrected chi connectivity index (χ3v) is 6.77. The lowest BCUT2D eigenvalue weighted by atomic mass is 9.77. The Labute approximate surface area is 198 Å². The fourth-order valence-electron chi connectivity index (χ4n) is 4.63. The standard InChI is InChI=1S/C30H35NO2/c1-24(23-31(2)21-20-25-12-6-3-7-13-25)30(28-16-10-5-11-17-28,33-29(32)27-18-19-27)22-26-14-8-4-9-15-26/h3-17,24,27H,18-23H2,1-2H3/t24-,30+/m1/s1. The largest absolute Gasteiger partial charge is 0.453 e. The second-order valence-electron chi connectivity index (χ2n) is 9.51. The summed E-state index contributed by atoms with van der Waals surface area (Å²) in [5.41, 5.74) is 2.90. The van der Waals surface area contributed by atoms with Gasteiger partial charge in [-0.2, -0.15) is 0 Å². The van der Waals surface area contributed by atoms with Crippen molar-refractivity contribution in [1.29, 1.82) is 0 Å². The van der Waals surface area contributed by atoms with Crippen LogP contribution in [-0.2, 0) is 28.0 Å². The minimum atomic E-state index is -0.705. The second-order valence-corrected chi connectivity index (χ2v) is 9.51. The molecule has 3 aromatic rings. The summed E-state index contributed by atoms with van der Waals surface area (Å²) in [4.78, 5) is 15.4. The number of carbonyl (C=O) groups excluding carboxylic acids is 1. The number of esters is 1. The van der Waals surface area contributed by atoms with Crippen LogP contribution < -0.4 is 0 Å². The Hall–Kier alpha value is -2.91. The van der Waals surface area contributed by atoms with Gasteiger partial charge in [0.25, 0.3) is 0 Å². The predicted octanol–water partition coefficient (Wildman–Crippen LogP) is 5.89. The molecule has 0 bridgehead atoms. The van der Waals surface area contributed by atoms with Crippen LogP contribution in [0.15, 0.2) is 91.0 Å². The van der Waals surface area contributed by atoms with Crippen LogP contribution in [0, 0.1) is 11.8 Å². The highest BCUT2D eigenvalue weighted by molar-refractivity contribution is 5.75. The Morgan fingerprint density at radius 3 is 2.03 bits per heavy atom. The molecule has 0 unspecified atom stereocenters. The van der Waals surface area contributed by atoms with Crippen molar-refractivity contribution in [2.75, 3.05) is 20.1 Å². The van der Waals surface area contributed by atoms with E-state index in [0.717, 1.165) is 37.9 Å². The minimum absolute atomic E-state index is 0.0476. The van der Waals surface area contributed by atoms with Crippen molar-refractivity contribution in [3.05, 3.63) is 108 Å². The first-order chi connectivity index (χ1) is 16.1. The summed E-state index contributed by atoms with van der Waals surface area (Å²) in [6.45, 7) is 4.03. The van der Waals surface area contributed by atoms with E-state index in [9.17, 15) is 4.79 Å². The number of hydrogen-bond donors (Lipinski definition) is 0. The molecule has 0 amide bonds. The zero-order chi connectivity index (χ0) is 23.1. The van der Waals surface area contributed by atoms with Gasteiger partial charge < -0.3 is 9.64 Å². The number of carbonyl (C=O) groups is 1. The molecule has 0 aromatic heterocycles. The molecule has 1 aliphatic carbocycles. The van der Waals surface area contributed by atoms with Crippen molar-refractivity contribution >= 4 is 5.97 Å². The van der Waals surface area contributed by atoms with Crippen LogP contribution in [0.4, 0.5) is 0 Å². The summed E-state index contributed by atoms with van der Waals surface area (Å²) < 4.78 is 6.51. The average Bonchev–Trinajstić information content (AvgIpc) is 3.70. The van der Waals surface area contributed by atoms with Gasteiger partial charge in [0.05, 0.1) is 5.92 Å². The van der Waals surface area contributed by atoms with E-state index < -0.39 is 5.60 Å². The van der Waals surface area contributed by atoms with E-state index in [1.165, 1.54) is 11.1 Å². The maximum atomic E-state index is 13.0. The monoisotopic (exact) mass is 441 g/mol. The molecule has 3 heteroatoms. The highest BCUT2D eigenvalue weighted by atomic mass is 16.6. The highest BCUT2D eigenvalue weighted by Crippen LogP contribution is 2.41. The molecular weight excluding hydrogens is 406 g/mol. The van der Waals surface area contributed by atoms with Crippen molar-refractivity contribution in [2.45, 2.75) is 38.2 Å². The Morgan fingerprint density at radius 1 is 0.909 bits per heavy atom. The predicted molar refractivity (Wildman–Crippen MR) is 134 cm³/mol. The van der Waals surface area contributed by atoms with Crippen molar-refractivity contribution in [3.63, 3.8) is 0 Å². The summed E-state index contributed by atoms with van der Waals surface area (Å²) in [5.74, 6) is 0.129. The van der Waals surface area contributed by atoms with Gasteiger partial charge in [-0.3, -0.25) is 4.79 Å². The molecule has 1 fully saturated rings. The van der Waals surface area contributed by atoms with Crippen LogP contribution in [0.1, 0.15) is 36.5 Å². The third-order valence-electron chi connectivity index (χ3n) is 6.77. The normalized spacial score (nSPS) is 16.2. The first-order valence-electron chi connectivity index (χ1n) is 12.1. The third kappa shape index (κ3) is 6.11. The van der Waals surface area contributed by atoms with Crippen molar-refractivity contribution < 1.29 is 9.53 Å². The van der Waals surface area contributed by atoms with Crippen molar-refractivity contribution in [1.82, 2.24) is 4.90 Å². The van der Waals surface area contributed by atoms with Crippen LogP contribution >= 0.6 is 0 Å². The van der Waals surface area contributed by atoms with Gasteiger partial charge in [0.1, 0.15) is 5.60 Å². The summed E-state index contributed by atoms with van der Waals surface area (Å²) in [7, 11) is 2.17. The fraction of sp³-hybridized carbons (Fsp3) is 0.367. The molecule has 0 saturated heterocycles. The van der Waals surface area contributed by atoms with E-state index in [4.69, 9.17) is 4.74 Å². The molecule has 3 aromatic carbocycles. The average molecular weight is 442 g/mol. The van der Waals surface area contributed by atoms with Gasteiger partial charge in [0, 0.05) is 25.4 Å². The minimum Gasteiger partial charge on any atom is -0.453 e. The van der Waals surface area contributed by atoms with E-state index >= 15 is 0 Å². The number of rotatable bonds is 11. The van der Waals surface area contributed by atoms with Gasteiger partial charge in [0.2, 0.25) is 0 Å². The van der Waals surface area contributed by atoms with Crippen LogP contribution in [0.25, 0.3) is 0 Å². The zero-order valence-electron chi connectivity index (χ0n) is 19.8. The summed E-state index contributed by atoms with van der Waals surface area (Å²) in [6.07, 6.45) is 3.56. The second kappa shape index (κ2) is 10.8. The summed E-state index contributed by atoms with van der Waals surface area (Å²) >= 11 is 0. The molecule has 1 aliphatic rings. The topological polar surface area (TPSA) is 29.5 Å². The summed E-state index contributed by atoms with van der Waals surface area (Å²) in [5, 5.41) is 0. The molecule has 33 heavy (non-hydrogen) atoms. The number of benzene rings is 3. The molecule has 0 N–H and O–H groups in total. The van der Waals surface area contributed by atoms with E-state index in [1.54, 1.807) is 0 Å². The highest BCUT2D eigenvalue weighted by Gasteiger charge is 2.45. The molecule has 0 aliphatic heterocycles. The zero-order valence-corrected chi connectivity index (χ0v) is 19.8. The Balaban J connectivity index is 1.60. The molecule has 0 radical (unpaired) electrons. The van der Waals surface area contributed by atoms with E-state index in [1.807, 2.05) is 24.3 Å². The number of nitrogens with zero attached hydrogens (tertiary/aromatic N) is 1. The number of hydrogen-bond acceptors (Lipinski definition) is 3. The molecule has 172 valence electrons.